The highest BCUT2D eigenvalue weighted by Gasteiger charge is 2.30. The number of hydrogen-bond donors (Lipinski definition) is 2. The number of carboxylic acid groups (broad SMARTS) is 1. The maximum absolute atomic E-state index is 11.8. The van der Waals surface area contributed by atoms with Crippen molar-refractivity contribution in [2.24, 2.45) is 10.8 Å². The van der Waals surface area contributed by atoms with Crippen LogP contribution in [0.1, 0.15) is 54.4 Å². The van der Waals surface area contributed by atoms with Crippen LogP contribution in [0.2, 0.25) is 0 Å². The van der Waals surface area contributed by atoms with Gasteiger partial charge in [0.25, 0.3) is 0 Å². The summed E-state index contributed by atoms with van der Waals surface area (Å²) in [4.78, 5) is 34.6. The first kappa shape index (κ1) is 17.6. The second kappa shape index (κ2) is 6.17. The van der Waals surface area contributed by atoms with Crippen molar-refractivity contribution < 1.29 is 19.5 Å². The Bertz CT molecular complexity index is 361. The van der Waals surface area contributed by atoms with E-state index in [0.29, 0.717) is 0 Å². The molecule has 0 fully saturated rings. The second-order valence-corrected chi connectivity index (χ2v) is 7.07. The lowest BCUT2D eigenvalue weighted by molar-refractivity contribution is -0.144. The molecule has 2 N–H and O–H groups in total. The topological polar surface area (TPSA) is 83.5 Å². The smallest absolute Gasteiger partial charge is 0.326 e. The van der Waals surface area contributed by atoms with E-state index in [9.17, 15) is 14.4 Å². The molecule has 0 aliphatic rings. The average molecular weight is 271 g/mol. The fourth-order valence-electron chi connectivity index (χ4n) is 1.42. The third-order valence-corrected chi connectivity index (χ3v) is 2.55. The zero-order valence-corrected chi connectivity index (χ0v) is 12.7. The number of carboxylic acids is 1. The molecule has 110 valence electrons. The van der Waals surface area contributed by atoms with Crippen LogP contribution in [-0.2, 0) is 14.4 Å². The molecule has 0 aromatic carbocycles. The number of Topliss-reactive ketones (excluding diaryl/α,β-unsaturated/α-hetero) is 1. The fraction of sp³-hybridized carbons (Fsp3) is 0.786. The minimum atomic E-state index is -1.18. The molecule has 0 aromatic rings. The first-order valence-corrected chi connectivity index (χ1v) is 6.38. The van der Waals surface area contributed by atoms with E-state index in [0.717, 1.165) is 0 Å². The molecule has 0 radical (unpaired) electrons. The maximum atomic E-state index is 11.8. The third kappa shape index (κ3) is 7.59. The van der Waals surface area contributed by atoms with Gasteiger partial charge in [0.2, 0.25) is 5.91 Å². The first-order chi connectivity index (χ1) is 8.33. The highest BCUT2D eigenvalue weighted by atomic mass is 16.4. The van der Waals surface area contributed by atoms with Crippen LogP contribution < -0.4 is 5.32 Å². The van der Waals surface area contributed by atoms with Crippen molar-refractivity contribution in [3.8, 4) is 0 Å². The molecular weight excluding hydrogens is 246 g/mol. The Hall–Kier alpha value is -1.39. The molecule has 0 aliphatic heterocycles. The normalized spacial score (nSPS) is 13.8. The Balaban J connectivity index is 4.65. The molecule has 0 rings (SSSR count). The van der Waals surface area contributed by atoms with Crippen molar-refractivity contribution in [3.05, 3.63) is 0 Å². The summed E-state index contributed by atoms with van der Waals surface area (Å²) < 4.78 is 0. The quantitative estimate of drug-likeness (QED) is 0.801. The van der Waals surface area contributed by atoms with Gasteiger partial charge in [0.05, 0.1) is 0 Å². The van der Waals surface area contributed by atoms with E-state index in [1.54, 1.807) is 20.8 Å². The van der Waals surface area contributed by atoms with Crippen molar-refractivity contribution in [1.82, 2.24) is 5.32 Å². The van der Waals surface area contributed by atoms with Crippen LogP contribution >= 0.6 is 0 Å². The monoisotopic (exact) mass is 271 g/mol. The van der Waals surface area contributed by atoms with Gasteiger partial charge in [0, 0.05) is 18.3 Å². The van der Waals surface area contributed by atoms with Crippen LogP contribution in [-0.4, -0.2) is 28.8 Å². The van der Waals surface area contributed by atoms with Gasteiger partial charge in [-0.25, -0.2) is 4.79 Å². The van der Waals surface area contributed by atoms with E-state index in [4.69, 9.17) is 5.11 Å². The van der Waals surface area contributed by atoms with Crippen LogP contribution in [0.3, 0.4) is 0 Å². The largest absolute Gasteiger partial charge is 0.480 e. The molecule has 0 saturated carbocycles. The van der Waals surface area contributed by atoms with Crippen molar-refractivity contribution in [2.75, 3.05) is 0 Å². The van der Waals surface area contributed by atoms with Crippen LogP contribution in [0.4, 0.5) is 0 Å². The van der Waals surface area contributed by atoms with E-state index in [2.05, 4.69) is 5.32 Å². The molecule has 0 saturated heterocycles. The first-order valence-electron chi connectivity index (χ1n) is 6.38. The lowest BCUT2D eigenvalue weighted by Crippen LogP contribution is -2.44. The number of aliphatic carboxylic acids is 1. The van der Waals surface area contributed by atoms with E-state index in [1.807, 2.05) is 20.8 Å². The fourth-order valence-corrected chi connectivity index (χ4v) is 1.42. The number of carbonyl (C=O) groups is 3. The average Bonchev–Trinajstić information content (AvgIpc) is 2.11. The SMILES string of the molecule is CC(C)(C)CC(=O)NC(CC(=O)C(C)(C)C)C(=O)O. The van der Waals surface area contributed by atoms with Gasteiger partial charge in [-0.2, -0.15) is 0 Å². The third-order valence-electron chi connectivity index (χ3n) is 2.55. The molecule has 5 heteroatoms. The highest BCUT2D eigenvalue weighted by Crippen LogP contribution is 2.20. The van der Waals surface area contributed by atoms with Gasteiger partial charge >= 0.3 is 5.97 Å². The molecule has 0 spiro atoms. The summed E-state index contributed by atoms with van der Waals surface area (Å²) in [5.41, 5.74) is -0.830. The predicted molar refractivity (Wildman–Crippen MR) is 72.7 cm³/mol. The number of ketones is 1. The molecular formula is C14H25NO4. The summed E-state index contributed by atoms with van der Waals surface area (Å²) in [5, 5.41) is 11.5. The Kier molecular flexibility index (Phi) is 5.72. The van der Waals surface area contributed by atoms with Crippen molar-refractivity contribution in [1.29, 1.82) is 0 Å². The molecule has 1 amide bonds. The summed E-state index contributed by atoms with van der Waals surface area (Å²) in [7, 11) is 0. The minimum Gasteiger partial charge on any atom is -0.480 e. The van der Waals surface area contributed by atoms with Gasteiger partial charge in [-0.05, 0) is 5.41 Å². The van der Waals surface area contributed by atoms with Crippen molar-refractivity contribution >= 4 is 17.7 Å². The Morgan fingerprint density at radius 1 is 1.05 bits per heavy atom. The second-order valence-electron chi connectivity index (χ2n) is 7.07. The zero-order chi connectivity index (χ0) is 15.4. The standard InChI is InChI=1S/C14H25NO4/c1-13(2,3)8-11(17)15-9(12(18)19)7-10(16)14(4,5)6/h9H,7-8H2,1-6H3,(H,15,17)(H,18,19). The predicted octanol–water partition coefficient (Wildman–Crippen LogP) is 2.00. The number of rotatable bonds is 5. The van der Waals surface area contributed by atoms with Crippen LogP contribution in [0, 0.1) is 10.8 Å². The van der Waals surface area contributed by atoms with E-state index in [-0.39, 0.29) is 29.9 Å². The highest BCUT2D eigenvalue weighted by molar-refractivity contribution is 5.91. The van der Waals surface area contributed by atoms with Crippen molar-refractivity contribution in [2.45, 2.75) is 60.4 Å². The molecule has 0 heterocycles. The lowest BCUT2D eigenvalue weighted by atomic mass is 9.87. The Labute approximate surface area is 114 Å². The summed E-state index contributed by atoms with van der Waals surface area (Å²) in [6, 6.07) is -1.15. The zero-order valence-electron chi connectivity index (χ0n) is 12.7. The molecule has 0 aliphatic carbocycles. The van der Waals surface area contributed by atoms with Crippen molar-refractivity contribution in [3.63, 3.8) is 0 Å². The van der Waals surface area contributed by atoms with E-state index < -0.39 is 17.4 Å². The van der Waals surface area contributed by atoms with Gasteiger partial charge in [-0.1, -0.05) is 41.5 Å². The number of hydrogen-bond acceptors (Lipinski definition) is 3. The van der Waals surface area contributed by atoms with E-state index in [1.165, 1.54) is 0 Å². The summed E-state index contributed by atoms with van der Waals surface area (Å²) in [5.74, 6) is -1.71. The summed E-state index contributed by atoms with van der Waals surface area (Å²) in [6.45, 7) is 10.9. The van der Waals surface area contributed by atoms with Gasteiger partial charge in [-0.15, -0.1) is 0 Å². The maximum Gasteiger partial charge on any atom is 0.326 e. The molecule has 5 nitrogen and oxygen atoms in total. The van der Waals surface area contributed by atoms with Crippen LogP contribution in [0.15, 0.2) is 0 Å². The molecule has 19 heavy (non-hydrogen) atoms. The lowest BCUT2D eigenvalue weighted by Gasteiger charge is -2.22. The van der Waals surface area contributed by atoms with Gasteiger partial charge in [-0.3, -0.25) is 9.59 Å². The Morgan fingerprint density at radius 2 is 1.53 bits per heavy atom. The summed E-state index contributed by atoms with van der Waals surface area (Å²) in [6.07, 6.45) is 0.0369. The molecule has 1 unspecified atom stereocenters. The molecule has 0 bridgehead atoms. The minimum absolute atomic E-state index is 0.184. The number of carbonyl (C=O) groups excluding carboxylic acids is 2. The molecule has 1 atom stereocenters. The van der Waals surface area contributed by atoms with Gasteiger partial charge in [0.1, 0.15) is 11.8 Å². The van der Waals surface area contributed by atoms with Crippen LogP contribution in [0.5, 0.6) is 0 Å². The van der Waals surface area contributed by atoms with Gasteiger partial charge in [0.15, 0.2) is 0 Å². The summed E-state index contributed by atoms with van der Waals surface area (Å²) >= 11 is 0. The van der Waals surface area contributed by atoms with E-state index >= 15 is 0 Å². The number of amides is 1. The number of nitrogens with one attached hydrogen (secondary N) is 1. The Morgan fingerprint density at radius 3 is 1.84 bits per heavy atom. The van der Waals surface area contributed by atoms with Gasteiger partial charge < -0.3 is 10.4 Å². The molecule has 0 aromatic heterocycles. The van der Waals surface area contributed by atoms with Crippen LogP contribution in [0.25, 0.3) is 0 Å².